The molecule has 0 radical (unpaired) electrons. The molecule has 108 valence electrons. The van der Waals surface area contributed by atoms with E-state index in [-0.39, 0.29) is 5.92 Å². The number of rotatable bonds is 7. The summed E-state index contributed by atoms with van der Waals surface area (Å²) >= 11 is 0. The summed E-state index contributed by atoms with van der Waals surface area (Å²) in [5, 5.41) is 7.32. The lowest BCUT2D eigenvalue weighted by molar-refractivity contribution is 0.352. The van der Waals surface area contributed by atoms with Crippen molar-refractivity contribution >= 4 is 0 Å². The molecule has 0 spiro atoms. The molecular weight excluding hydrogens is 254 g/mol. The van der Waals surface area contributed by atoms with Crippen LogP contribution in [0.2, 0.25) is 0 Å². The van der Waals surface area contributed by atoms with Gasteiger partial charge < -0.3 is 14.6 Å². The maximum atomic E-state index is 5.32. The summed E-state index contributed by atoms with van der Waals surface area (Å²) in [5.74, 6) is 2.45. The van der Waals surface area contributed by atoms with Gasteiger partial charge in [0.15, 0.2) is 5.82 Å². The van der Waals surface area contributed by atoms with Gasteiger partial charge in [-0.3, -0.25) is 0 Å². The zero-order valence-electron chi connectivity index (χ0n) is 12.2. The summed E-state index contributed by atoms with van der Waals surface area (Å²) in [5.41, 5.74) is 1.11. The molecule has 1 aromatic carbocycles. The summed E-state index contributed by atoms with van der Waals surface area (Å²) in [6.07, 6.45) is 0.647. The Kier molecular flexibility index (Phi) is 5.12. The number of benzene rings is 1. The van der Waals surface area contributed by atoms with Crippen molar-refractivity contribution in [3.8, 4) is 5.75 Å². The highest BCUT2D eigenvalue weighted by atomic mass is 16.5. The molecule has 5 heteroatoms. The number of nitrogens with zero attached hydrogens (tertiary/aromatic N) is 2. The second kappa shape index (κ2) is 7.05. The highest BCUT2D eigenvalue weighted by Crippen LogP contribution is 2.17. The van der Waals surface area contributed by atoms with E-state index in [1.54, 1.807) is 7.11 Å². The number of aromatic nitrogens is 2. The topological polar surface area (TPSA) is 60.2 Å². The molecule has 1 aromatic heterocycles. The van der Waals surface area contributed by atoms with Crippen molar-refractivity contribution < 1.29 is 9.26 Å². The van der Waals surface area contributed by atoms with Crippen molar-refractivity contribution in [2.75, 3.05) is 20.2 Å². The summed E-state index contributed by atoms with van der Waals surface area (Å²) < 4.78 is 10.5. The Labute approximate surface area is 119 Å². The summed E-state index contributed by atoms with van der Waals surface area (Å²) in [4.78, 5) is 4.46. The Bertz CT molecular complexity index is 539. The number of methoxy groups -OCH3 is 1. The van der Waals surface area contributed by atoms with Crippen LogP contribution in [0.15, 0.2) is 28.8 Å². The summed E-state index contributed by atoms with van der Waals surface area (Å²) in [7, 11) is 1.66. The zero-order chi connectivity index (χ0) is 14.4. The van der Waals surface area contributed by atoms with Crippen LogP contribution >= 0.6 is 0 Å². The minimum absolute atomic E-state index is 0.224. The van der Waals surface area contributed by atoms with Gasteiger partial charge in [-0.2, -0.15) is 4.98 Å². The van der Waals surface area contributed by atoms with Gasteiger partial charge in [0.1, 0.15) is 5.75 Å². The average molecular weight is 275 g/mol. The number of nitrogens with one attached hydrogen (secondary N) is 1. The lowest BCUT2D eigenvalue weighted by Gasteiger charge is -2.05. The fourth-order valence-electron chi connectivity index (χ4n) is 1.95. The minimum Gasteiger partial charge on any atom is -0.497 e. The summed E-state index contributed by atoms with van der Waals surface area (Å²) in [6, 6.07) is 7.89. The molecule has 5 nitrogen and oxygen atoms in total. The predicted octanol–water partition coefficient (Wildman–Crippen LogP) is 2.38. The second-order valence-electron chi connectivity index (χ2n) is 4.79. The Morgan fingerprint density at radius 1 is 1.40 bits per heavy atom. The molecule has 2 aromatic rings. The molecule has 0 saturated heterocycles. The third kappa shape index (κ3) is 3.81. The lowest BCUT2D eigenvalue weighted by atomic mass is 10.1. The van der Waals surface area contributed by atoms with Gasteiger partial charge in [-0.25, -0.2) is 0 Å². The molecule has 0 amide bonds. The molecular formula is C15H21N3O2. The van der Waals surface area contributed by atoms with Gasteiger partial charge in [-0.05, 0) is 24.2 Å². The van der Waals surface area contributed by atoms with Crippen LogP contribution in [-0.4, -0.2) is 30.3 Å². The van der Waals surface area contributed by atoms with Crippen molar-refractivity contribution in [3.05, 3.63) is 41.5 Å². The van der Waals surface area contributed by atoms with Gasteiger partial charge in [0, 0.05) is 18.9 Å². The lowest BCUT2D eigenvalue weighted by Crippen LogP contribution is -2.19. The van der Waals surface area contributed by atoms with Crippen LogP contribution in [0.25, 0.3) is 0 Å². The molecule has 1 N–H and O–H groups in total. The Hall–Kier alpha value is -1.88. The van der Waals surface area contributed by atoms with Crippen LogP contribution in [-0.2, 0) is 6.42 Å². The highest BCUT2D eigenvalue weighted by molar-refractivity contribution is 5.30. The van der Waals surface area contributed by atoms with Crippen LogP contribution in [0.4, 0.5) is 0 Å². The highest BCUT2D eigenvalue weighted by Gasteiger charge is 2.14. The predicted molar refractivity (Wildman–Crippen MR) is 77.1 cm³/mol. The molecule has 0 fully saturated rings. The minimum atomic E-state index is 0.224. The maximum Gasteiger partial charge on any atom is 0.230 e. The van der Waals surface area contributed by atoms with E-state index in [0.29, 0.717) is 18.1 Å². The molecule has 0 aliphatic heterocycles. The molecule has 1 heterocycles. The third-order valence-electron chi connectivity index (χ3n) is 3.10. The SMILES string of the molecule is CCNCC(C)c1nc(Cc2cccc(OC)c2)no1. The first kappa shape index (κ1) is 14.5. The van der Waals surface area contributed by atoms with E-state index in [1.165, 1.54) is 0 Å². The van der Waals surface area contributed by atoms with E-state index >= 15 is 0 Å². The normalized spacial score (nSPS) is 12.3. The van der Waals surface area contributed by atoms with Gasteiger partial charge >= 0.3 is 0 Å². The molecule has 1 unspecified atom stereocenters. The fourth-order valence-corrected chi connectivity index (χ4v) is 1.95. The van der Waals surface area contributed by atoms with Crippen LogP contribution < -0.4 is 10.1 Å². The van der Waals surface area contributed by atoms with Crippen LogP contribution in [0.5, 0.6) is 5.75 Å². The van der Waals surface area contributed by atoms with E-state index in [0.717, 1.165) is 24.4 Å². The molecule has 0 bridgehead atoms. The monoisotopic (exact) mass is 275 g/mol. The molecule has 0 aliphatic carbocycles. The molecule has 0 aliphatic rings. The van der Waals surface area contributed by atoms with Crippen LogP contribution in [0.3, 0.4) is 0 Å². The fraction of sp³-hybridized carbons (Fsp3) is 0.467. The number of hydrogen-bond acceptors (Lipinski definition) is 5. The van der Waals surface area contributed by atoms with Gasteiger partial charge in [-0.1, -0.05) is 31.1 Å². The second-order valence-corrected chi connectivity index (χ2v) is 4.79. The molecule has 2 rings (SSSR count). The van der Waals surface area contributed by atoms with Crippen molar-refractivity contribution in [1.82, 2.24) is 15.5 Å². The van der Waals surface area contributed by atoms with Gasteiger partial charge in [0.05, 0.1) is 7.11 Å². The van der Waals surface area contributed by atoms with E-state index < -0.39 is 0 Å². The Morgan fingerprint density at radius 3 is 3.00 bits per heavy atom. The summed E-state index contributed by atoms with van der Waals surface area (Å²) in [6.45, 7) is 5.94. The van der Waals surface area contributed by atoms with Crippen LogP contribution in [0.1, 0.15) is 37.0 Å². The quantitative estimate of drug-likeness (QED) is 0.840. The standard InChI is InChI=1S/C15H21N3O2/c1-4-16-10-11(2)15-17-14(18-20-15)9-12-6-5-7-13(8-12)19-3/h5-8,11,16H,4,9-10H2,1-3H3. The Morgan fingerprint density at radius 2 is 2.25 bits per heavy atom. The average Bonchev–Trinajstić information content (AvgIpc) is 2.93. The Balaban J connectivity index is 2.01. The van der Waals surface area contributed by atoms with E-state index in [2.05, 4.69) is 29.3 Å². The smallest absolute Gasteiger partial charge is 0.230 e. The number of ether oxygens (including phenoxy) is 1. The van der Waals surface area contributed by atoms with E-state index in [9.17, 15) is 0 Å². The van der Waals surface area contributed by atoms with Crippen molar-refractivity contribution in [3.63, 3.8) is 0 Å². The molecule has 0 saturated carbocycles. The van der Waals surface area contributed by atoms with E-state index in [4.69, 9.17) is 9.26 Å². The first-order valence-corrected chi connectivity index (χ1v) is 6.89. The van der Waals surface area contributed by atoms with Crippen LogP contribution in [0, 0.1) is 0 Å². The van der Waals surface area contributed by atoms with Gasteiger partial charge in [0.25, 0.3) is 0 Å². The first-order chi connectivity index (χ1) is 9.72. The van der Waals surface area contributed by atoms with E-state index in [1.807, 2.05) is 24.3 Å². The first-order valence-electron chi connectivity index (χ1n) is 6.89. The largest absolute Gasteiger partial charge is 0.497 e. The van der Waals surface area contributed by atoms with Crippen molar-refractivity contribution in [2.24, 2.45) is 0 Å². The number of likely N-dealkylation sites (N-methyl/N-ethyl adjacent to an activating group) is 1. The van der Waals surface area contributed by atoms with Crippen molar-refractivity contribution in [1.29, 1.82) is 0 Å². The molecule has 1 atom stereocenters. The molecule has 20 heavy (non-hydrogen) atoms. The number of hydrogen-bond donors (Lipinski definition) is 1. The van der Waals surface area contributed by atoms with Gasteiger partial charge in [0.2, 0.25) is 5.89 Å². The van der Waals surface area contributed by atoms with Gasteiger partial charge in [-0.15, -0.1) is 0 Å². The van der Waals surface area contributed by atoms with Crippen molar-refractivity contribution in [2.45, 2.75) is 26.2 Å². The zero-order valence-corrected chi connectivity index (χ0v) is 12.2. The third-order valence-corrected chi connectivity index (χ3v) is 3.10. The maximum absolute atomic E-state index is 5.32.